The molecule has 1 aromatic heterocycles. The Labute approximate surface area is 120 Å². The van der Waals surface area contributed by atoms with Crippen molar-refractivity contribution in [3.8, 4) is 0 Å². The van der Waals surface area contributed by atoms with E-state index in [0.29, 0.717) is 16.8 Å². The highest BCUT2D eigenvalue weighted by molar-refractivity contribution is 6.30. The van der Waals surface area contributed by atoms with Gasteiger partial charge in [0, 0.05) is 29.1 Å². The van der Waals surface area contributed by atoms with Crippen LogP contribution >= 0.6 is 11.6 Å². The molecule has 1 aliphatic rings. The monoisotopic (exact) mass is 291 g/mol. The number of hydrogen-bond acceptors (Lipinski definition) is 2. The van der Waals surface area contributed by atoms with Gasteiger partial charge in [0.1, 0.15) is 6.54 Å². The van der Waals surface area contributed by atoms with Crippen LogP contribution < -0.4 is 11.0 Å². The first-order valence-corrected chi connectivity index (χ1v) is 6.84. The fraction of sp³-hybridized carbons (Fsp3) is 0.286. The van der Waals surface area contributed by atoms with E-state index in [-0.39, 0.29) is 18.1 Å². The van der Waals surface area contributed by atoms with Crippen molar-refractivity contribution in [1.29, 1.82) is 0 Å². The second-order valence-electron chi connectivity index (χ2n) is 4.90. The van der Waals surface area contributed by atoms with E-state index in [1.807, 2.05) is 0 Å². The van der Waals surface area contributed by atoms with Gasteiger partial charge in [0.05, 0.1) is 0 Å². The number of halogens is 1. The standard InChI is InChI=1S/C14H14ClN3O2/c15-10-1-3-11(4-2-10)16-13(19)9-17-7-8-18(14(17)20)12-5-6-12/h1-4,7-8,12H,5-6,9H2,(H,16,19). The second-order valence-corrected chi connectivity index (χ2v) is 5.34. The predicted molar refractivity (Wildman–Crippen MR) is 77.0 cm³/mol. The quantitative estimate of drug-likeness (QED) is 0.939. The molecule has 1 amide bonds. The second kappa shape index (κ2) is 5.17. The number of nitrogens with zero attached hydrogens (tertiary/aromatic N) is 2. The van der Waals surface area contributed by atoms with Crippen LogP contribution in [0.5, 0.6) is 0 Å². The average molecular weight is 292 g/mol. The molecule has 0 saturated heterocycles. The van der Waals surface area contributed by atoms with Gasteiger partial charge >= 0.3 is 5.69 Å². The van der Waals surface area contributed by atoms with Gasteiger partial charge in [-0.2, -0.15) is 0 Å². The van der Waals surface area contributed by atoms with Gasteiger partial charge in [-0.05, 0) is 37.1 Å². The number of hydrogen-bond donors (Lipinski definition) is 1. The van der Waals surface area contributed by atoms with Gasteiger partial charge in [0.15, 0.2) is 0 Å². The lowest BCUT2D eigenvalue weighted by molar-refractivity contribution is -0.116. The summed E-state index contributed by atoms with van der Waals surface area (Å²) in [6, 6.07) is 7.17. The van der Waals surface area contributed by atoms with E-state index >= 15 is 0 Å². The Morgan fingerprint density at radius 2 is 1.95 bits per heavy atom. The fourth-order valence-corrected chi connectivity index (χ4v) is 2.19. The van der Waals surface area contributed by atoms with Crippen molar-refractivity contribution in [3.63, 3.8) is 0 Å². The summed E-state index contributed by atoms with van der Waals surface area (Å²) < 4.78 is 3.11. The summed E-state index contributed by atoms with van der Waals surface area (Å²) in [6.45, 7) is 0.0151. The van der Waals surface area contributed by atoms with Gasteiger partial charge in [-0.15, -0.1) is 0 Å². The number of benzene rings is 1. The largest absolute Gasteiger partial charge is 0.328 e. The molecule has 0 aliphatic heterocycles. The summed E-state index contributed by atoms with van der Waals surface area (Å²) >= 11 is 5.78. The van der Waals surface area contributed by atoms with Crippen molar-refractivity contribution in [1.82, 2.24) is 9.13 Å². The van der Waals surface area contributed by atoms with E-state index in [1.165, 1.54) is 4.57 Å². The lowest BCUT2D eigenvalue weighted by atomic mass is 10.3. The number of carbonyl (C=O) groups excluding carboxylic acids is 1. The molecular weight excluding hydrogens is 278 g/mol. The van der Waals surface area contributed by atoms with Crippen LogP contribution in [0.3, 0.4) is 0 Å². The highest BCUT2D eigenvalue weighted by Gasteiger charge is 2.25. The summed E-state index contributed by atoms with van der Waals surface area (Å²) in [5, 5.41) is 3.34. The Hall–Kier alpha value is -2.01. The molecule has 6 heteroatoms. The summed E-state index contributed by atoms with van der Waals surface area (Å²) in [5.74, 6) is -0.233. The Kier molecular flexibility index (Phi) is 3.36. The topological polar surface area (TPSA) is 56.0 Å². The third kappa shape index (κ3) is 2.77. The van der Waals surface area contributed by atoms with Crippen LogP contribution in [0.1, 0.15) is 18.9 Å². The van der Waals surface area contributed by atoms with Crippen LogP contribution in [0, 0.1) is 0 Å². The number of rotatable bonds is 4. The van der Waals surface area contributed by atoms with Crippen molar-refractivity contribution in [2.45, 2.75) is 25.4 Å². The van der Waals surface area contributed by atoms with E-state index < -0.39 is 0 Å². The smallest absolute Gasteiger partial charge is 0.325 e. The third-order valence-corrected chi connectivity index (χ3v) is 3.51. The maximum Gasteiger partial charge on any atom is 0.328 e. The maximum atomic E-state index is 12.0. The van der Waals surface area contributed by atoms with Gasteiger partial charge in [-0.25, -0.2) is 4.79 Å². The lowest BCUT2D eigenvalue weighted by Crippen LogP contribution is -2.28. The van der Waals surface area contributed by atoms with E-state index in [4.69, 9.17) is 11.6 Å². The molecule has 2 aromatic rings. The molecule has 1 N–H and O–H groups in total. The van der Waals surface area contributed by atoms with E-state index in [2.05, 4.69) is 5.32 Å². The number of anilines is 1. The van der Waals surface area contributed by atoms with Gasteiger partial charge in [0.25, 0.3) is 0 Å². The van der Waals surface area contributed by atoms with Crippen LogP contribution in [-0.2, 0) is 11.3 Å². The zero-order valence-electron chi connectivity index (χ0n) is 10.8. The van der Waals surface area contributed by atoms with Crippen molar-refractivity contribution in [2.75, 3.05) is 5.32 Å². The van der Waals surface area contributed by atoms with Gasteiger partial charge in [-0.1, -0.05) is 11.6 Å². The zero-order valence-corrected chi connectivity index (χ0v) is 11.5. The average Bonchev–Trinajstić information content (AvgIpc) is 3.19. The Bertz CT molecular complexity index is 683. The number of imidazole rings is 1. The number of nitrogens with one attached hydrogen (secondary N) is 1. The summed E-state index contributed by atoms with van der Waals surface area (Å²) in [4.78, 5) is 23.9. The van der Waals surface area contributed by atoms with Crippen molar-refractivity contribution in [3.05, 3.63) is 52.2 Å². The molecular formula is C14H14ClN3O2. The molecule has 104 valence electrons. The van der Waals surface area contributed by atoms with Crippen LogP contribution in [-0.4, -0.2) is 15.0 Å². The highest BCUT2D eigenvalue weighted by atomic mass is 35.5. The first-order chi connectivity index (χ1) is 9.63. The molecule has 0 radical (unpaired) electrons. The van der Waals surface area contributed by atoms with E-state index in [1.54, 1.807) is 41.2 Å². The van der Waals surface area contributed by atoms with Gasteiger partial charge < -0.3 is 5.32 Å². The van der Waals surface area contributed by atoms with Gasteiger partial charge in [-0.3, -0.25) is 13.9 Å². The molecule has 3 rings (SSSR count). The molecule has 5 nitrogen and oxygen atoms in total. The van der Waals surface area contributed by atoms with Crippen molar-refractivity contribution < 1.29 is 4.79 Å². The van der Waals surface area contributed by atoms with Crippen LogP contribution in [0.2, 0.25) is 5.02 Å². The zero-order chi connectivity index (χ0) is 14.1. The number of amides is 1. The minimum atomic E-state index is -0.233. The minimum Gasteiger partial charge on any atom is -0.325 e. The maximum absolute atomic E-state index is 12.0. The fourth-order valence-electron chi connectivity index (χ4n) is 2.07. The molecule has 1 saturated carbocycles. The third-order valence-electron chi connectivity index (χ3n) is 3.26. The molecule has 0 atom stereocenters. The summed E-state index contributed by atoms with van der Waals surface area (Å²) in [5.41, 5.74) is 0.535. The molecule has 0 unspecified atom stereocenters. The minimum absolute atomic E-state index is 0.0151. The molecule has 20 heavy (non-hydrogen) atoms. The van der Waals surface area contributed by atoms with E-state index in [9.17, 15) is 9.59 Å². The summed E-state index contributed by atoms with van der Waals surface area (Å²) in [6.07, 6.45) is 5.49. The summed E-state index contributed by atoms with van der Waals surface area (Å²) in [7, 11) is 0. The Morgan fingerprint density at radius 3 is 2.60 bits per heavy atom. The number of carbonyl (C=O) groups is 1. The van der Waals surface area contributed by atoms with Gasteiger partial charge in [0.2, 0.25) is 5.91 Å². The molecule has 1 aliphatic carbocycles. The highest BCUT2D eigenvalue weighted by Crippen LogP contribution is 2.33. The predicted octanol–water partition coefficient (Wildman–Crippen LogP) is 2.28. The SMILES string of the molecule is O=C(Cn1ccn(C2CC2)c1=O)Nc1ccc(Cl)cc1. The van der Waals surface area contributed by atoms with Crippen LogP contribution in [0.4, 0.5) is 5.69 Å². The molecule has 0 bridgehead atoms. The molecule has 1 heterocycles. The molecule has 1 aromatic carbocycles. The van der Waals surface area contributed by atoms with Crippen molar-refractivity contribution in [2.24, 2.45) is 0 Å². The number of aromatic nitrogens is 2. The van der Waals surface area contributed by atoms with Crippen molar-refractivity contribution >= 4 is 23.2 Å². The molecule has 1 fully saturated rings. The first kappa shape index (κ1) is 13.0. The Morgan fingerprint density at radius 1 is 1.25 bits per heavy atom. The van der Waals surface area contributed by atoms with Crippen LogP contribution in [0.25, 0.3) is 0 Å². The van der Waals surface area contributed by atoms with Crippen LogP contribution in [0.15, 0.2) is 41.5 Å². The Balaban J connectivity index is 1.66. The first-order valence-electron chi connectivity index (χ1n) is 6.46. The normalized spacial score (nSPS) is 14.2. The van der Waals surface area contributed by atoms with E-state index in [0.717, 1.165) is 12.8 Å². The lowest BCUT2D eigenvalue weighted by Gasteiger charge is -2.05. The molecule has 0 spiro atoms.